The summed E-state index contributed by atoms with van der Waals surface area (Å²) in [5.74, 6) is -0.555. The average molecular weight is 237 g/mol. The first kappa shape index (κ1) is 13.5. The molecule has 0 atom stereocenters. The minimum absolute atomic E-state index is 0.0374. The van der Waals surface area contributed by atoms with E-state index in [4.69, 9.17) is 9.84 Å². The van der Waals surface area contributed by atoms with Crippen LogP contribution in [0.2, 0.25) is 0 Å². The standard InChI is InChI=1S/C13H19NO3/c1-13(2,3)14-8-9-17-11-7-5-4-6-10(11)12(15)16/h4-7,14H,8-9H2,1-3H3,(H,15,16). The Labute approximate surface area is 102 Å². The van der Waals surface area contributed by atoms with Crippen LogP contribution in [0.25, 0.3) is 0 Å². The van der Waals surface area contributed by atoms with Crippen LogP contribution in [0.1, 0.15) is 31.1 Å². The second-order valence-electron chi connectivity index (χ2n) is 4.83. The summed E-state index contributed by atoms with van der Waals surface area (Å²) in [5, 5.41) is 12.2. The van der Waals surface area contributed by atoms with E-state index in [1.54, 1.807) is 18.2 Å². The summed E-state index contributed by atoms with van der Waals surface area (Å²) >= 11 is 0. The topological polar surface area (TPSA) is 58.6 Å². The Balaban J connectivity index is 2.49. The summed E-state index contributed by atoms with van der Waals surface area (Å²) in [6, 6.07) is 6.65. The molecule has 0 unspecified atom stereocenters. The minimum atomic E-state index is -0.968. The number of carboxylic acids is 1. The van der Waals surface area contributed by atoms with Crippen LogP contribution < -0.4 is 10.1 Å². The summed E-state index contributed by atoms with van der Waals surface area (Å²) in [7, 11) is 0. The number of hydrogen-bond acceptors (Lipinski definition) is 3. The van der Waals surface area contributed by atoms with E-state index in [9.17, 15) is 4.79 Å². The van der Waals surface area contributed by atoms with Crippen molar-refractivity contribution < 1.29 is 14.6 Å². The highest BCUT2D eigenvalue weighted by molar-refractivity contribution is 5.90. The van der Waals surface area contributed by atoms with E-state index in [1.165, 1.54) is 6.07 Å². The molecule has 0 aromatic heterocycles. The van der Waals surface area contributed by atoms with Crippen molar-refractivity contribution in [2.45, 2.75) is 26.3 Å². The summed E-state index contributed by atoms with van der Waals surface area (Å²) in [6.45, 7) is 7.33. The van der Waals surface area contributed by atoms with Gasteiger partial charge in [-0.05, 0) is 32.9 Å². The van der Waals surface area contributed by atoms with Crippen LogP contribution >= 0.6 is 0 Å². The first-order valence-corrected chi connectivity index (χ1v) is 5.60. The average Bonchev–Trinajstić information content (AvgIpc) is 2.23. The third-order valence-corrected chi connectivity index (χ3v) is 2.13. The molecule has 0 saturated heterocycles. The zero-order chi connectivity index (χ0) is 12.9. The van der Waals surface area contributed by atoms with Gasteiger partial charge in [-0.1, -0.05) is 12.1 Å². The lowest BCUT2D eigenvalue weighted by atomic mass is 10.1. The van der Waals surface area contributed by atoms with E-state index in [-0.39, 0.29) is 11.1 Å². The summed E-state index contributed by atoms with van der Waals surface area (Å²) in [5.41, 5.74) is 0.235. The molecule has 0 heterocycles. The molecule has 0 aliphatic rings. The number of rotatable bonds is 5. The molecule has 0 aliphatic heterocycles. The highest BCUT2D eigenvalue weighted by Crippen LogP contribution is 2.17. The number of aromatic carboxylic acids is 1. The van der Waals surface area contributed by atoms with Gasteiger partial charge in [0.05, 0.1) is 0 Å². The van der Waals surface area contributed by atoms with Crippen LogP contribution in [-0.2, 0) is 0 Å². The number of hydrogen-bond donors (Lipinski definition) is 2. The van der Waals surface area contributed by atoms with Gasteiger partial charge in [-0.15, -0.1) is 0 Å². The molecule has 94 valence electrons. The van der Waals surface area contributed by atoms with Crippen LogP contribution in [0.5, 0.6) is 5.75 Å². The number of carboxylic acid groups (broad SMARTS) is 1. The number of nitrogens with one attached hydrogen (secondary N) is 1. The molecule has 0 fully saturated rings. The van der Waals surface area contributed by atoms with Crippen molar-refractivity contribution in [2.24, 2.45) is 0 Å². The number of carbonyl (C=O) groups is 1. The monoisotopic (exact) mass is 237 g/mol. The summed E-state index contributed by atoms with van der Waals surface area (Å²) < 4.78 is 5.45. The molecule has 0 saturated carbocycles. The molecule has 1 aromatic rings. The Bertz CT molecular complexity index is 382. The molecular weight excluding hydrogens is 218 g/mol. The van der Waals surface area contributed by atoms with E-state index in [1.807, 2.05) is 0 Å². The molecule has 0 radical (unpaired) electrons. The van der Waals surface area contributed by atoms with Crippen molar-refractivity contribution in [2.75, 3.05) is 13.2 Å². The second-order valence-corrected chi connectivity index (χ2v) is 4.83. The Morgan fingerprint density at radius 2 is 2.00 bits per heavy atom. The van der Waals surface area contributed by atoms with Crippen LogP contribution in [0.3, 0.4) is 0 Å². The third kappa shape index (κ3) is 4.87. The number of ether oxygens (including phenoxy) is 1. The van der Waals surface area contributed by atoms with Gasteiger partial charge in [0.15, 0.2) is 0 Å². The van der Waals surface area contributed by atoms with E-state index < -0.39 is 5.97 Å². The predicted molar refractivity (Wildman–Crippen MR) is 66.7 cm³/mol. The van der Waals surface area contributed by atoms with Crippen molar-refractivity contribution in [3.63, 3.8) is 0 Å². The zero-order valence-electron chi connectivity index (χ0n) is 10.5. The lowest BCUT2D eigenvalue weighted by Crippen LogP contribution is -2.38. The first-order chi connectivity index (χ1) is 7.90. The van der Waals surface area contributed by atoms with Crippen molar-refractivity contribution in [1.29, 1.82) is 0 Å². The zero-order valence-corrected chi connectivity index (χ0v) is 10.5. The van der Waals surface area contributed by atoms with Crippen molar-refractivity contribution in [3.8, 4) is 5.75 Å². The Hall–Kier alpha value is -1.55. The van der Waals surface area contributed by atoms with Gasteiger partial charge in [-0.2, -0.15) is 0 Å². The van der Waals surface area contributed by atoms with Gasteiger partial charge in [0.2, 0.25) is 0 Å². The van der Waals surface area contributed by atoms with Gasteiger partial charge in [0, 0.05) is 12.1 Å². The lowest BCUT2D eigenvalue weighted by Gasteiger charge is -2.20. The largest absolute Gasteiger partial charge is 0.491 e. The fourth-order valence-corrected chi connectivity index (χ4v) is 1.36. The Kier molecular flexibility index (Phi) is 4.52. The highest BCUT2D eigenvalue weighted by atomic mass is 16.5. The molecule has 0 aliphatic carbocycles. The molecule has 1 rings (SSSR count). The van der Waals surface area contributed by atoms with E-state index >= 15 is 0 Å². The third-order valence-electron chi connectivity index (χ3n) is 2.13. The maximum absolute atomic E-state index is 10.9. The molecule has 0 spiro atoms. The lowest BCUT2D eigenvalue weighted by molar-refractivity contribution is 0.0692. The molecule has 0 amide bonds. The van der Waals surface area contributed by atoms with Crippen LogP contribution in [0.15, 0.2) is 24.3 Å². The SMILES string of the molecule is CC(C)(C)NCCOc1ccccc1C(=O)O. The molecule has 17 heavy (non-hydrogen) atoms. The van der Waals surface area contributed by atoms with E-state index in [0.717, 1.165) is 0 Å². The van der Waals surface area contributed by atoms with Gasteiger partial charge in [0.1, 0.15) is 17.9 Å². The molecule has 4 heteroatoms. The molecule has 2 N–H and O–H groups in total. The minimum Gasteiger partial charge on any atom is -0.491 e. The predicted octanol–water partition coefficient (Wildman–Crippen LogP) is 2.15. The van der Waals surface area contributed by atoms with E-state index in [0.29, 0.717) is 18.9 Å². The fraction of sp³-hybridized carbons (Fsp3) is 0.462. The number of para-hydroxylation sites is 1. The first-order valence-electron chi connectivity index (χ1n) is 5.60. The van der Waals surface area contributed by atoms with Gasteiger partial charge in [-0.25, -0.2) is 4.79 Å². The quantitative estimate of drug-likeness (QED) is 0.770. The van der Waals surface area contributed by atoms with Crippen molar-refractivity contribution >= 4 is 5.97 Å². The van der Waals surface area contributed by atoms with Gasteiger partial charge in [-0.3, -0.25) is 0 Å². The molecular formula is C13H19NO3. The van der Waals surface area contributed by atoms with Crippen LogP contribution in [0.4, 0.5) is 0 Å². The highest BCUT2D eigenvalue weighted by Gasteiger charge is 2.11. The van der Waals surface area contributed by atoms with Crippen LogP contribution in [0, 0.1) is 0 Å². The molecule has 4 nitrogen and oxygen atoms in total. The molecule has 1 aromatic carbocycles. The Morgan fingerprint density at radius 1 is 1.35 bits per heavy atom. The second kappa shape index (κ2) is 5.68. The fourth-order valence-electron chi connectivity index (χ4n) is 1.36. The molecule has 0 bridgehead atoms. The van der Waals surface area contributed by atoms with Gasteiger partial charge < -0.3 is 15.2 Å². The summed E-state index contributed by atoms with van der Waals surface area (Å²) in [4.78, 5) is 10.9. The maximum Gasteiger partial charge on any atom is 0.339 e. The number of benzene rings is 1. The van der Waals surface area contributed by atoms with Crippen molar-refractivity contribution in [3.05, 3.63) is 29.8 Å². The van der Waals surface area contributed by atoms with Crippen molar-refractivity contribution in [1.82, 2.24) is 5.32 Å². The maximum atomic E-state index is 10.9. The summed E-state index contributed by atoms with van der Waals surface area (Å²) in [6.07, 6.45) is 0. The van der Waals surface area contributed by atoms with Crippen LogP contribution in [-0.4, -0.2) is 29.8 Å². The Morgan fingerprint density at radius 3 is 2.59 bits per heavy atom. The smallest absolute Gasteiger partial charge is 0.339 e. The van der Waals surface area contributed by atoms with Gasteiger partial charge >= 0.3 is 5.97 Å². The normalized spacial score (nSPS) is 11.2. The van der Waals surface area contributed by atoms with Gasteiger partial charge in [0.25, 0.3) is 0 Å². The van der Waals surface area contributed by atoms with E-state index in [2.05, 4.69) is 26.1 Å².